The lowest BCUT2D eigenvalue weighted by Crippen LogP contribution is -2.23. The molecule has 0 fully saturated rings. The van der Waals surface area contributed by atoms with Gasteiger partial charge in [-0.3, -0.25) is 4.79 Å². The lowest BCUT2D eigenvalue weighted by molar-refractivity contribution is -0.121. The first-order valence-electron chi connectivity index (χ1n) is 6.08. The molecule has 0 spiro atoms. The number of H-pyrrole nitrogens is 1. The number of carbonyl (C=O) groups is 1. The van der Waals surface area contributed by atoms with Crippen molar-refractivity contribution in [3.8, 4) is 0 Å². The zero-order valence-corrected chi connectivity index (χ0v) is 10.6. The Morgan fingerprint density at radius 1 is 1.37 bits per heavy atom. The number of hydrogen-bond donors (Lipinski definition) is 2. The fraction of sp³-hybridized carbons (Fsp3) is 0.600. The Hall–Kier alpha value is -2.32. The summed E-state index contributed by atoms with van der Waals surface area (Å²) in [6, 6.07) is 0. The molecule has 2 rings (SSSR count). The highest BCUT2D eigenvalue weighted by Gasteiger charge is 2.09. The van der Waals surface area contributed by atoms with Gasteiger partial charge in [-0.15, -0.1) is 10.2 Å². The minimum Gasteiger partial charge on any atom is -0.349 e. The number of aromatic nitrogens is 6. The van der Waals surface area contributed by atoms with Crippen LogP contribution in [0.15, 0.2) is 4.52 Å². The number of aromatic amines is 1. The summed E-state index contributed by atoms with van der Waals surface area (Å²) < 4.78 is 5.04. The summed E-state index contributed by atoms with van der Waals surface area (Å²) in [5.41, 5.74) is 0. The van der Waals surface area contributed by atoms with Crippen molar-refractivity contribution < 1.29 is 9.32 Å². The van der Waals surface area contributed by atoms with Crippen LogP contribution in [0.1, 0.15) is 37.3 Å². The summed E-state index contributed by atoms with van der Waals surface area (Å²) in [4.78, 5) is 15.7. The van der Waals surface area contributed by atoms with E-state index in [4.69, 9.17) is 4.52 Å². The number of rotatable bonds is 7. The number of aryl methyl sites for hydroxylation is 2. The number of hydrogen-bond acceptors (Lipinski definition) is 7. The predicted molar refractivity (Wildman–Crippen MR) is 62.6 cm³/mol. The SMILES string of the molecule is CCCc1noc(CCC(=O)NCc2nn[nH]n2)n1. The molecule has 0 bridgehead atoms. The highest BCUT2D eigenvalue weighted by Crippen LogP contribution is 2.03. The second kappa shape index (κ2) is 6.57. The highest BCUT2D eigenvalue weighted by atomic mass is 16.5. The van der Waals surface area contributed by atoms with Gasteiger partial charge in [0.05, 0.1) is 6.54 Å². The largest absolute Gasteiger partial charge is 0.349 e. The summed E-state index contributed by atoms with van der Waals surface area (Å²) in [6.45, 7) is 2.29. The molecule has 0 saturated heterocycles. The van der Waals surface area contributed by atoms with E-state index in [1.165, 1.54) is 0 Å². The Morgan fingerprint density at radius 3 is 3.00 bits per heavy atom. The average molecular weight is 265 g/mol. The van der Waals surface area contributed by atoms with Crippen molar-refractivity contribution in [1.82, 2.24) is 36.1 Å². The minimum atomic E-state index is -0.125. The fourth-order valence-corrected chi connectivity index (χ4v) is 1.46. The number of carbonyl (C=O) groups excluding carboxylic acids is 1. The lowest BCUT2D eigenvalue weighted by Gasteiger charge is -1.99. The maximum Gasteiger partial charge on any atom is 0.227 e. The third kappa shape index (κ3) is 4.12. The second-order valence-corrected chi connectivity index (χ2v) is 3.96. The number of nitrogens with zero attached hydrogens (tertiary/aromatic N) is 5. The summed E-state index contributed by atoms with van der Waals surface area (Å²) in [7, 11) is 0. The van der Waals surface area contributed by atoms with Crippen LogP contribution in [-0.2, 0) is 24.2 Å². The van der Waals surface area contributed by atoms with Gasteiger partial charge in [0.25, 0.3) is 0 Å². The topological polar surface area (TPSA) is 122 Å². The Kier molecular flexibility index (Phi) is 4.54. The Bertz CT molecular complexity index is 508. The van der Waals surface area contributed by atoms with E-state index in [1.807, 2.05) is 6.92 Å². The number of amides is 1. The van der Waals surface area contributed by atoms with Gasteiger partial charge in [0, 0.05) is 19.3 Å². The zero-order valence-electron chi connectivity index (χ0n) is 10.6. The molecule has 9 nitrogen and oxygen atoms in total. The molecule has 1 amide bonds. The van der Waals surface area contributed by atoms with Gasteiger partial charge < -0.3 is 9.84 Å². The van der Waals surface area contributed by atoms with Crippen molar-refractivity contribution in [1.29, 1.82) is 0 Å². The van der Waals surface area contributed by atoms with Crippen molar-refractivity contribution in [3.63, 3.8) is 0 Å². The van der Waals surface area contributed by atoms with Gasteiger partial charge in [0.1, 0.15) is 0 Å². The van der Waals surface area contributed by atoms with E-state index >= 15 is 0 Å². The molecule has 0 aliphatic carbocycles. The summed E-state index contributed by atoms with van der Waals surface area (Å²) >= 11 is 0. The van der Waals surface area contributed by atoms with Gasteiger partial charge in [-0.25, -0.2) is 0 Å². The van der Waals surface area contributed by atoms with Crippen molar-refractivity contribution in [2.45, 2.75) is 39.2 Å². The number of nitrogens with one attached hydrogen (secondary N) is 2. The monoisotopic (exact) mass is 265 g/mol. The quantitative estimate of drug-likeness (QED) is 0.709. The number of tetrazole rings is 1. The summed E-state index contributed by atoms with van der Waals surface area (Å²) in [6.07, 6.45) is 2.46. The van der Waals surface area contributed by atoms with Crippen LogP contribution in [0.3, 0.4) is 0 Å². The van der Waals surface area contributed by atoms with Crippen LogP contribution in [0, 0.1) is 0 Å². The molecule has 0 aliphatic heterocycles. The molecule has 0 unspecified atom stereocenters. The normalized spacial score (nSPS) is 10.6. The molecule has 0 radical (unpaired) electrons. The van der Waals surface area contributed by atoms with Gasteiger partial charge in [-0.2, -0.15) is 10.2 Å². The third-order valence-electron chi connectivity index (χ3n) is 2.38. The van der Waals surface area contributed by atoms with Crippen molar-refractivity contribution in [2.75, 3.05) is 0 Å². The van der Waals surface area contributed by atoms with Crippen molar-refractivity contribution in [3.05, 3.63) is 17.5 Å². The van der Waals surface area contributed by atoms with E-state index in [0.717, 1.165) is 12.8 Å². The van der Waals surface area contributed by atoms with Crippen molar-refractivity contribution in [2.24, 2.45) is 0 Å². The smallest absolute Gasteiger partial charge is 0.227 e. The maximum atomic E-state index is 11.6. The molecule has 9 heteroatoms. The third-order valence-corrected chi connectivity index (χ3v) is 2.38. The van der Waals surface area contributed by atoms with Crippen LogP contribution in [-0.4, -0.2) is 36.7 Å². The molecule has 2 N–H and O–H groups in total. The first-order chi connectivity index (χ1) is 9.28. The minimum absolute atomic E-state index is 0.125. The predicted octanol–water partition coefficient (Wildman–Crippen LogP) is -0.216. The van der Waals surface area contributed by atoms with E-state index < -0.39 is 0 Å². The van der Waals surface area contributed by atoms with Crippen LogP contribution < -0.4 is 5.32 Å². The van der Waals surface area contributed by atoms with E-state index in [2.05, 4.69) is 36.1 Å². The van der Waals surface area contributed by atoms with Crippen molar-refractivity contribution >= 4 is 5.91 Å². The molecule has 2 heterocycles. The summed E-state index contributed by atoms with van der Waals surface area (Å²) in [5.74, 6) is 1.49. The van der Waals surface area contributed by atoms with Crippen LogP contribution in [0.5, 0.6) is 0 Å². The second-order valence-electron chi connectivity index (χ2n) is 3.96. The Morgan fingerprint density at radius 2 is 2.26 bits per heavy atom. The van der Waals surface area contributed by atoms with E-state index in [-0.39, 0.29) is 18.9 Å². The molecule has 2 aromatic rings. The molecule has 0 atom stereocenters. The first kappa shape index (κ1) is 13.1. The first-order valence-corrected chi connectivity index (χ1v) is 6.08. The van der Waals surface area contributed by atoms with E-state index in [0.29, 0.717) is 24.0 Å². The van der Waals surface area contributed by atoms with E-state index in [1.54, 1.807) is 0 Å². The van der Waals surface area contributed by atoms with Gasteiger partial charge in [-0.1, -0.05) is 17.3 Å². The standard InChI is InChI=1S/C10H15N7O2/c1-2-3-7-12-10(19-15-7)5-4-9(18)11-6-8-13-16-17-14-8/h2-6H2,1H3,(H,11,18)(H,13,14,16,17). The Balaban J connectivity index is 1.70. The summed E-state index contributed by atoms with van der Waals surface area (Å²) in [5, 5.41) is 19.7. The molecule has 2 aromatic heterocycles. The van der Waals surface area contributed by atoms with Crippen LogP contribution in [0.25, 0.3) is 0 Å². The van der Waals surface area contributed by atoms with Crippen LogP contribution in [0.2, 0.25) is 0 Å². The molecule has 0 saturated carbocycles. The zero-order chi connectivity index (χ0) is 13.5. The molecule has 19 heavy (non-hydrogen) atoms. The maximum absolute atomic E-state index is 11.6. The Labute approximate surface area is 109 Å². The van der Waals surface area contributed by atoms with Gasteiger partial charge in [0.15, 0.2) is 11.6 Å². The molecule has 0 aliphatic rings. The highest BCUT2D eigenvalue weighted by molar-refractivity contribution is 5.75. The molecular weight excluding hydrogens is 250 g/mol. The molecular formula is C10H15N7O2. The van der Waals surface area contributed by atoms with Gasteiger partial charge >= 0.3 is 0 Å². The lowest BCUT2D eigenvalue weighted by atomic mass is 10.3. The molecule has 0 aromatic carbocycles. The van der Waals surface area contributed by atoms with Crippen LogP contribution in [0.4, 0.5) is 0 Å². The fourth-order valence-electron chi connectivity index (χ4n) is 1.46. The molecule has 102 valence electrons. The van der Waals surface area contributed by atoms with E-state index in [9.17, 15) is 4.79 Å². The van der Waals surface area contributed by atoms with Gasteiger partial charge in [0.2, 0.25) is 11.8 Å². The van der Waals surface area contributed by atoms with Gasteiger partial charge in [-0.05, 0) is 6.42 Å². The van der Waals surface area contributed by atoms with Crippen LogP contribution >= 0.6 is 0 Å². The average Bonchev–Trinajstić information content (AvgIpc) is 3.05.